The Kier molecular flexibility index (Phi) is 3.23. The van der Waals surface area contributed by atoms with Gasteiger partial charge in [-0.05, 0) is 0 Å². The quantitative estimate of drug-likeness (QED) is 0.413. The fraction of sp³-hybridized carbons (Fsp3) is 0.500. The van der Waals surface area contributed by atoms with E-state index >= 15 is 0 Å². The van der Waals surface area contributed by atoms with Crippen molar-refractivity contribution >= 4 is 17.0 Å². The molecule has 1 aliphatic rings. The van der Waals surface area contributed by atoms with Crippen LogP contribution in [0.1, 0.15) is 6.23 Å². The fourth-order valence-corrected chi connectivity index (χ4v) is 2.23. The maximum absolute atomic E-state index is 9.97. The molecule has 5 N–H and O–H groups in total. The van der Waals surface area contributed by atoms with Crippen LogP contribution in [0, 0.1) is 0 Å². The summed E-state index contributed by atoms with van der Waals surface area (Å²) >= 11 is 0. The minimum atomic E-state index is -1.23. The zero-order valence-corrected chi connectivity index (χ0v) is 10.2. The van der Waals surface area contributed by atoms with Gasteiger partial charge < -0.3 is 20.1 Å². The zero-order valence-electron chi connectivity index (χ0n) is 10.2. The number of hydrogen-bond acceptors (Lipinski definition) is 9. The molecule has 0 amide bonds. The van der Waals surface area contributed by atoms with Gasteiger partial charge in [-0.15, -0.1) is 0 Å². The summed E-state index contributed by atoms with van der Waals surface area (Å²) in [5.74, 6) is 0.112. The van der Waals surface area contributed by atoms with Crippen molar-refractivity contribution in [3.05, 3.63) is 12.7 Å². The number of rotatable bonds is 3. The summed E-state index contributed by atoms with van der Waals surface area (Å²) in [5, 5.41) is 37.7. The van der Waals surface area contributed by atoms with Gasteiger partial charge in [0.05, 0.1) is 12.9 Å². The van der Waals surface area contributed by atoms with Crippen molar-refractivity contribution in [3.63, 3.8) is 0 Å². The lowest BCUT2D eigenvalue weighted by molar-refractivity contribution is -0.0511. The predicted molar refractivity (Wildman–Crippen MR) is 63.7 cm³/mol. The Hall–Kier alpha value is -1.85. The second-order valence-electron chi connectivity index (χ2n) is 4.39. The molecule has 1 fully saturated rings. The number of aliphatic hydroxyl groups excluding tert-OH is 3. The molecule has 0 spiro atoms. The number of imidazole rings is 1. The Morgan fingerprint density at radius 3 is 2.70 bits per heavy atom. The van der Waals surface area contributed by atoms with E-state index in [0.29, 0.717) is 5.65 Å². The number of ether oxygens (including phenoxy) is 1. The van der Waals surface area contributed by atoms with E-state index in [0.717, 1.165) is 0 Å². The molecular formula is C10H13N5O5. The van der Waals surface area contributed by atoms with E-state index in [1.54, 1.807) is 0 Å². The Morgan fingerprint density at radius 1 is 1.25 bits per heavy atom. The Labute approximate surface area is 112 Å². The minimum Gasteiger partial charge on any atom is -0.394 e. The van der Waals surface area contributed by atoms with Crippen LogP contribution in [0.3, 0.4) is 0 Å². The maximum Gasteiger partial charge on any atom is 0.181 e. The average Bonchev–Trinajstić information content (AvgIpc) is 3.01. The number of nitrogens with zero attached hydrogens (tertiary/aromatic N) is 4. The molecule has 10 nitrogen and oxygen atoms in total. The van der Waals surface area contributed by atoms with Crippen LogP contribution in [0.25, 0.3) is 11.2 Å². The molecule has 10 heteroatoms. The van der Waals surface area contributed by atoms with Crippen molar-refractivity contribution in [1.29, 1.82) is 0 Å². The molecule has 0 unspecified atom stereocenters. The van der Waals surface area contributed by atoms with Crippen molar-refractivity contribution in [2.75, 3.05) is 12.1 Å². The SMILES string of the molecule is OC[C@@H]1O[C@H](n2cnc3c(NO)ncnc32)[C@H](O)[C@H]1O. The Bertz CT molecular complexity index is 619. The van der Waals surface area contributed by atoms with Crippen LogP contribution in [-0.2, 0) is 4.74 Å². The third-order valence-electron chi connectivity index (χ3n) is 3.26. The largest absolute Gasteiger partial charge is 0.394 e. The van der Waals surface area contributed by atoms with E-state index in [-0.39, 0.29) is 11.3 Å². The summed E-state index contributed by atoms with van der Waals surface area (Å²) in [5.41, 5.74) is 2.49. The molecule has 2 aromatic heterocycles. The lowest BCUT2D eigenvalue weighted by Gasteiger charge is -2.16. The highest BCUT2D eigenvalue weighted by Crippen LogP contribution is 2.31. The third-order valence-corrected chi connectivity index (χ3v) is 3.26. The van der Waals surface area contributed by atoms with Crippen LogP contribution in [0.15, 0.2) is 12.7 Å². The van der Waals surface area contributed by atoms with E-state index in [1.165, 1.54) is 17.2 Å². The van der Waals surface area contributed by atoms with Crippen LogP contribution in [0.4, 0.5) is 5.82 Å². The molecule has 3 heterocycles. The van der Waals surface area contributed by atoms with Gasteiger partial charge in [-0.25, -0.2) is 15.0 Å². The highest BCUT2D eigenvalue weighted by Gasteiger charge is 2.43. The molecule has 4 atom stereocenters. The summed E-state index contributed by atoms with van der Waals surface area (Å²) in [4.78, 5) is 11.8. The summed E-state index contributed by atoms with van der Waals surface area (Å²) in [7, 11) is 0. The van der Waals surface area contributed by atoms with E-state index < -0.39 is 31.1 Å². The van der Waals surface area contributed by atoms with E-state index in [1.807, 2.05) is 5.48 Å². The van der Waals surface area contributed by atoms with Gasteiger partial charge in [0.15, 0.2) is 23.2 Å². The van der Waals surface area contributed by atoms with Crippen LogP contribution in [0.2, 0.25) is 0 Å². The van der Waals surface area contributed by atoms with E-state index in [4.69, 9.17) is 15.1 Å². The number of fused-ring (bicyclic) bond motifs is 1. The molecule has 20 heavy (non-hydrogen) atoms. The molecule has 3 rings (SSSR count). The molecule has 0 radical (unpaired) electrons. The highest BCUT2D eigenvalue weighted by molar-refractivity contribution is 5.82. The molecular weight excluding hydrogens is 270 g/mol. The van der Waals surface area contributed by atoms with Crippen molar-refractivity contribution in [1.82, 2.24) is 19.5 Å². The number of aliphatic hydroxyl groups is 3. The molecule has 0 bridgehead atoms. The molecule has 1 aliphatic heterocycles. The van der Waals surface area contributed by atoms with Gasteiger partial charge in [0.25, 0.3) is 0 Å². The molecule has 108 valence electrons. The van der Waals surface area contributed by atoms with Crippen LogP contribution >= 0.6 is 0 Å². The van der Waals surface area contributed by atoms with Crippen LogP contribution < -0.4 is 5.48 Å². The monoisotopic (exact) mass is 283 g/mol. The fourth-order valence-electron chi connectivity index (χ4n) is 2.23. The molecule has 0 saturated carbocycles. The van der Waals surface area contributed by atoms with Gasteiger partial charge in [-0.3, -0.25) is 15.3 Å². The normalized spacial score (nSPS) is 30.0. The topological polar surface area (TPSA) is 146 Å². The zero-order chi connectivity index (χ0) is 14.3. The van der Waals surface area contributed by atoms with Gasteiger partial charge in [-0.2, -0.15) is 0 Å². The van der Waals surface area contributed by atoms with Crippen molar-refractivity contribution in [2.24, 2.45) is 0 Å². The molecule has 0 aromatic carbocycles. The van der Waals surface area contributed by atoms with Crippen molar-refractivity contribution in [3.8, 4) is 0 Å². The summed E-state index contributed by atoms with van der Waals surface area (Å²) < 4.78 is 6.79. The summed E-state index contributed by atoms with van der Waals surface area (Å²) in [6.07, 6.45) is -1.70. The van der Waals surface area contributed by atoms with Crippen molar-refractivity contribution in [2.45, 2.75) is 24.5 Å². The predicted octanol–water partition coefficient (Wildman–Crippen LogP) is -1.76. The van der Waals surface area contributed by atoms with Crippen LogP contribution in [0.5, 0.6) is 0 Å². The van der Waals surface area contributed by atoms with Gasteiger partial charge in [0.1, 0.15) is 24.6 Å². The molecule has 1 saturated heterocycles. The van der Waals surface area contributed by atoms with Crippen LogP contribution in [-0.4, -0.2) is 65.0 Å². The standard InChI is InChI=1S/C10H13N5O5/c16-1-4-6(17)7(18)10(20-4)15-3-13-5-8(14-19)11-2-12-9(5)15/h2-4,6-7,10,16-19H,1H2,(H,11,12,14)/t4-,6-,7+,10-/m0/s1. The molecule has 2 aromatic rings. The first-order chi connectivity index (χ1) is 9.67. The summed E-state index contributed by atoms with van der Waals surface area (Å²) in [6, 6.07) is 0. The third kappa shape index (κ3) is 1.82. The highest BCUT2D eigenvalue weighted by atomic mass is 16.6. The van der Waals surface area contributed by atoms with E-state index in [2.05, 4.69) is 15.0 Å². The smallest absolute Gasteiger partial charge is 0.181 e. The van der Waals surface area contributed by atoms with Gasteiger partial charge in [0, 0.05) is 0 Å². The molecule has 0 aliphatic carbocycles. The first-order valence-electron chi connectivity index (χ1n) is 5.87. The number of hydrogen-bond donors (Lipinski definition) is 5. The second kappa shape index (κ2) is 4.92. The first-order valence-corrected chi connectivity index (χ1v) is 5.87. The number of anilines is 1. The Balaban J connectivity index is 2.03. The average molecular weight is 283 g/mol. The first kappa shape index (κ1) is 13.1. The van der Waals surface area contributed by atoms with Gasteiger partial charge >= 0.3 is 0 Å². The second-order valence-corrected chi connectivity index (χ2v) is 4.39. The Morgan fingerprint density at radius 2 is 2.05 bits per heavy atom. The number of nitrogens with one attached hydrogen (secondary N) is 1. The van der Waals surface area contributed by atoms with Gasteiger partial charge in [-0.1, -0.05) is 0 Å². The lowest BCUT2D eigenvalue weighted by Crippen LogP contribution is -2.33. The van der Waals surface area contributed by atoms with E-state index in [9.17, 15) is 10.2 Å². The lowest BCUT2D eigenvalue weighted by atomic mass is 10.1. The van der Waals surface area contributed by atoms with Gasteiger partial charge in [0.2, 0.25) is 0 Å². The minimum absolute atomic E-state index is 0.112. The summed E-state index contributed by atoms with van der Waals surface area (Å²) in [6.45, 7) is -0.417. The number of aromatic nitrogens is 4. The van der Waals surface area contributed by atoms with Crippen molar-refractivity contribution < 1.29 is 25.3 Å². The maximum atomic E-state index is 9.97.